The summed E-state index contributed by atoms with van der Waals surface area (Å²) < 4.78 is 0. The highest BCUT2D eigenvalue weighted by molar-refractivity contribution is 6.29. The maximum atomic E-state index is 5.90. The summed E-state index contributed by atoms with van der Waals surface area (Å²) in [7, 11) is 0. The van der Waals surface area contributed by atoms with Gasteiger partial charge in [0.15, 0.2) is 0 Å². The second kappa shape index (κ2) is 4.50. The van der Waals surface area contributed by atoms with Crippen LogP contribution in [0.1, 0.15) is 30.7 Å². The summed E-state index contributed by atoms with van der Waals surface area (Å²) >= 11 is 5.90. The molecule has 1 heterocycles. The van der Waals surface area contributed by atoms with Gasteiger partial charge >= 0.3 is 0 Å². The third-order valence-corrected chi connectivity index (χ3v) is 3.71. The molecule has 1 aromatic carbocycles. The number of nitrogens with zero attached hydrogens (tertiary/aromatic N) is 1. The average Bonchev–Trinajstić information content (AvgIpc) is 2.28. The molecule has 1 aromatic heterocycles. The number of pyridine rings is 1. The summed E-state index contributed by atoms with van der Waals surface area (Å²) in [5.41, 5.74) is 3.54. The van der Waals surface area contributed by atoms with Gasteiger partial charge < -0.3 is 0 Å². The number of hydrogen-bond acceptors (Lipinski definition) is 1. The van der Waals surface area contributed by atoms with E-state index in [1.54, 1.807) is 6.07 Å². The summed E-state index contributed by atoms with van der Waals surface area (Å²) in [4.78, 5) is 4.32. The van der Waals surface area contributed by atoms with E-state index in [-0.39, 0.29) is 0 Å². The maximum Gasteiger partial charge on any atom is 0.129 e. The van der Waals surface area contributed by atoms with Crippen molar-refractivity contribution in [3.8, 4) is 11.3 Å². The minimum Gasteiger partial charge on any atom is -0.236 e. The van der Waals surface area contributed by atoms with E-state index in [2.05, 4.69) is 29.2 Å². The third kappa shape index (κ3) is 2.20. The lowest BCUT2D eigenvalue weighted by atomic mass is 9.80. The number of hydrogen-bond donors (Lipinski definition) is 0. The number of aromatic nitrogens is 1. The zero-order valence-corrected chi connectivity index (χ0v) is 10.3. The summed E-state index contributed by atoms with van der Waals surface area (Å²) in [6.45, 7) is 0. The van der Waals surface area contributed by atoms with Gasteiger partial charge in [0, 0.05) is 5.56 Å². The topological polar surface area (TPSA) is 12.9 Å². The molecule has 1 fully saturated rings. The molecule has 0 N–H and O–H groups in total. The number of benzene rings is 1. The third-order valence-electron chi connectivity index (χ3n) is 3.50. The van der Waals surface area contributed by atoms with Gasteiger partial charge in [-0.25, -0.2) is 4.98 Å². The molecule has 1 aliphatic carbocycles. The summed E-state index contributed by atoms with van der Waals surface area (Å²) in [5, 5.41) is 0.547. The van der Waals surface area contributed by atoms with Crippen molar-refractivity contribution in [3.05, 3.63) is 53.2 Å². The molecule has 1 saturated carbocycles. The molecule has 0 aliphatic heterocycles. The summed E-state index contributed by atoms with van der Waals surface area (Å²) in [5.74, 6) is 0.788. The van der Waals surface area contributed by atoms with Crippen molar-refractivity contribution in [2.75, 3.05) is 0 Å². The molecule has 1 nitrogen and oxygen atoms in total. The molecule has 2 heteroatoms. The molecule has 2 aromatic rings. The van der Waals surface area contributed by atoms with Crippen LogP contribution in [-0.4, -0.2) is 4.98 Å². The second-order valence-electron chi connectivity index (χ2n) is 4.60. The first kappa shape index (κ1) is 10.8. The maximum absolute atomic E-state index is 5.90. The smallest absolute Gasteiger partial charge is 0.129 e. The Balaban J connectivity index is 1.88. The fourth-order valence-corrected chi connectivity index (χ4v) is 2.40. The largest absolute Gasteiger partial charge is 0.236 e. The minimum absolute atomic E-state index is 0.547. The summed E-state index contributed by atoms with van der Waals surface area (Å²) in [6, 6.07) is 14.5. The van der Waals surface area contributed by atoms with Crippen molar-refractivity contribution >= 4 is 11.6 Å². The van der Waals surface area contributed by atoms with E-state index >= 15 is 0 Å². The van der Waals surface area contributed by atoms with E-state index in [1.807, 2.05) is 12.1 Å². The predicted molar refractivity (Wildman–Crippen MR) is 71.3 cm³/mol. The first-order valence-corrected chi connectivity index (χ1v) is 6.43. The first-order chi connectivity index (χ1) is 8.33. The standard InChI is InChI=1S/C15H14ClN/c16-15-6-2-5-14(17-15)13-9-7-12(8-10-13)11-3-1-4-11/h2,5-11H,1,3-4H2. The van der Waals surface area contributed by atoms with Gasteiger partial charge in [-0.3, -0.25) is 0 Å². The van der Waals surface area contributed by atoms with E-state index in [9.17, 15) is 0 Å². The second-order valence-corrected chi connectivity index (χ2v) is 4.98. The van der Waals surface area contributed by atoms with Gasteiger partial charge in [0.1, 0.15) is 5.15 Å². The highest BCUT2D eigenvalue weighted by Gasteiger charge is 2.18. The fraction of sp³-hybridized carbons (Fsp3) is 0.267. The van der Waals surface area contributed by atoms with Crippen LogP contribution in [0.2, 0.25) is 5.15 Å². The first-order valence-electron chi connectivity index (χ1n) is 6.06. The van der Waals surface area contributed by atoms with Crippen LogP contribution >= 0.6 is 11.6 Å². The Morgan fingerprint density at radius 1 is 1.00 bits per heavy atom. The van der Waals surface area contributed by atoms with E-state index in [1.165, 1.54) is 24.8 Å². The number of rotatable bonds is 2. The lowest BCUT2D eigenvalue weighted by Crippen LogP contribution is -2.08. The Labute approximate surface area is 106 Å². The molecule has 86 valence electrons. The van der Waals surface area contributed by atoms with Crippen LogP contribution in [-0.2, 0) is 0 Å². The molecule has 0 bridgehead atoms. The van der Waals surface area contributed by atoms with Crippen molar-refractivity contribution in [2.45, 2.75) is 25.2 Å². The molecular formula is C15H14ClN. The molecule has 1 aliphatic rings. The highest BCUT2D eigenvalue weighted by atomic mass is 35.5. The molecule has 0 radical (unpaired) electrons. The van der Waals surface area contributed by atoms with Crippen molar-refractivity contribution in [3.63, 3.8) is 0 Å². The monoisotopic (exact) mass is 243 g/mol. The lowest BCUT2D eigenvalue weighted by Gasteiger charge is -2.25. The molecule has 0 amide bonds. The Kier molecular flexibility index (Phi) is 2.86. The Bertz CT molecular complexity index is 515. The average molecular weight is 244 g/mol. The molecule has 3 rings (SSSR count). The van der Waals surface area contributed by atoms with E-state index in [4.69, 9.17) is 11.6 Å². The quantitative estimate of drug-likeness (QED) is 0.699. The minimum atomic E-state index is 0.547. The SMILES string of the molecule is Clc1cccc(-c2ccc(C3CCC3)cc2)n1. The lowest BCUT2D eigenvalue weighted by molar-refractivity contribution is 0.420. The number of halogens is 1. The summed E-state index contributed by atoms with van der Waals surface area (Å²) in [6.07, 6.45) is 4.06. The normalized spacial score (nSPS) is 15.6. The van der Waals surface area contributed by atoms with Gasteiger partial charge in [-0.2, -0.15) is 0 Å². The molecular weight excluding hydrogens is 230 g/mol. The van der Waals surface area contributed by atoms with Gasteiger partial charge in [0.05, 0.1) is 5.69 Å². The van der Waals surface area contributed by atoms with Crippen LogP contribution in [0.25, 0.3) is 11.3 Å². The molecule has 0 spiro atoms. The van der Waals surface area contributed by atoms with Crippen LogP contribution in [0.15, 0.2) is 42.5 Å². The van der Waals surface area contributed by atoms with E-state index < -0.39 is 0 Å². The predicted octanol–water partition coefficient (Wildman–Crippen LogP) is 4.67. The van der Waals surface area contributed by atoms with Crippen LogP contribution in [0.5, 0.6) is 0 Å². The zero-order valence-electron chi connectivity index (χ0n) is 9.57. The van der Waals surface area contributed by atoms with Crippen molar-refractivity contribution in [2.24, 2.45) is 0 Å². The molecule has 0 saturated heterocycles. The van der Waals surface area contributed by atoms with E-state index in [0.717, 1.165) is 17.2 Å². The highest BCUT2D eigenvalue weighted by Crippen LogP contribution is 2.36. The van der Waals surface area contributed by atoms with Gasteiger partial charge in [-0.05, 0) is 36.5 Å². The van der Waals surface area contributed by atoms with Gasteiger partial charge in [-0.1, -0.05) is 48.4 Å². The fourth-order valence-electron chi connectivity index (χ4n) is 2.24. The Morgan fingerprint density at radius 2 is 1.76 bits per heavy atom. The van der Waals surface area contributed by atoms with Crippen LogP contribution < -0.4 is 0 Å². The van der Waals surface area contributed by atoms with Crippen LogP contribution in [0, 0.1) is 0 Å². The van der Waals surface area contributed by atoms with Crippen molar-refractivity contribution < 1.29 is 0 Å². The molecule has 0 unspecified atom stereocenters. The van der Waals surface area contributed by atoms with Crippen LogP contribution in [0.4, 0.5) is 0 Å². The Morgan fingerprint density at radius 3 is 2.35 bits per heavy atom. The van der Waals surface area contributed by atoms with Gasteiger partial charge in [-0.15, -0.1) is 0 Å². The van der Waals surface area contributed by atoms with E-state index in [0.29, 0.717) is 5.15 Å². The Hall–Kier alpha value is -1.34. The van der Waals surface area contributed by atoms with Crippen molar-refractivity contribution in [1.29, 1.82) is 0 Å². The van der Waals surface area contributed by atoms with Gasteiger partial charge in [0.2, 0.25) is 0 Å². The van der Waals surface area contributed by atoms with Crippen LogP contribution in [0.3, 0.4) is 0 Å². The molecule has 0 atom stereocenters. The molecule has 17 heavy (non-hydrogen) atoms. The van der Waals surface area contributed by atoms with Gasteiger partial charge in [0.25, 0.3) is 0 Å². The zero-order chi connectivity index (χ0) is 11.7. The van der Waals surface area contributed by atoms with Crippen molar-refractivity contribution in [1.82, 2.24) is 4.98 Å².